The molecule has 0 fully saturated rings. The number of anilines is 1. The molecule has 1 atom stereocenters. The average molecular weight is 433 g/mol. The molecule has 1 aliphatic heterocycles. The number of amides is 1. The fraction of sp³-hybridized carbons (Fsp3) is 0.0741. The van der Waals surface area contributed by atoms with Crippen molar-refractivity contribution in [1.29, 1.82) is 5.26 Å². The van der Waals surface area contributed by atoms with Gasteiger partial charge in [0.2, 0.25) is 0 Å². The normalized spacial score (nSPS) is 14.6. The average Bonchev–Trinajstić information content (AvgIpc) is 3.16. The topological polar surface area (TPSA) is 86.2 Å². The highest BCUT2D eigenvalue weighted by Crippen LogP contribution is 2.45. The molecule has 1 aromatic heterocycles. The summed E-state index contributed by atoms with van der Waals surface area (Å²) in [7, 11) is 1.57. The summed E-state index contributed by atoms with van der Waals surface area (Å²) in [5.41, 5.74) is 2.89. The first-order valence-corrected chi connectivity index (χ1v) is 10.4. The number of hydrogen-bond donors (Lipinski definition) is 1. The van der Waals surface area contributed by atoms with E-state index in [4.69, 9.17) is 4.74 Å². The van der Waals surface area contributed by atoms with Crippen LogP contribution in [0.1, 0.15) is 33.2 Å². The third kappa shape index (κ3) is 3.27. The molecule has 3 aromatic carbocycles. The van der Waals surface area contributed by atoms with E-state index in [0.717, 1.165) is 5.56 Å². The SMILES string of the molecule is COc1ccc(-c2c3c([nH]c(=O)c2C#N)C(=O)N(c2ccccc2)C3c2ccccc2)cc1. The summed E-state index contributed by atoms with van der Waals surface area (Å²) >= 11 is 0. The number of nitrogens with one attached hydrogen (secondary N) is 1. The summed E-state index contributed by atoms with van der Waals surface area (Å²) in [5.74, 6) is 0.335. The molecule has 2 heterocycles. The molecule has 1 unspecified atom stereocenters. The van der Waals surface area contributed by atoms with Crippen LogP contribution in [0.5, 0.6) is 5.75 Å². The molecule has 4 aromatic rings. The number of ether oxygens (including phenoxy) is 1. The zero-order valence-corrected chi connectivity index (χ0v) is 17.8. The number of pyridine rings is 1. The van der Waals surface area contributed by atoms with Gasteiger partial charge in [-0.1, -0.05) is 60.7 Å². The van der Waals surface area contributed by atoms with E-state index in [0.29, 0.717) is 28.1 Å². The molecule has 5 rings (SSSR count). The minimum Gasteiger partial charge on any atom is -0.497 e. The minimum atomic E-state index is -0.586. The molecule has 0 aliphatic carbocycles. The predicted octanol–water partition coefficient (Wildman–Crippen LogP) is 4.67. The molecule has 0 saturated carbocycles. The van der Waals surface area contributed by atoms with E-state index in [1.54, 1.807) is 36.3 Å². The number of para-hydroxylation sites is 1. The van der Waals surface area contributed by atoms with Crippen LogP contribution in [0.4, 0.5) is 5.69 Å². The molecule has 0 saturated heterocycles. The van der Waals surface area contributed by atoms with Crippen molar-refractivity contribution in [2.45, 2.75) is 6.04 Å². The highest BCUT2D eigenvalue weighted by molar-refractivity contribution is 6.12. The van der Waals surface area contributed by atoms with Crippen LogP contribution in [0, 0.1) is 11.3 Å². The lowest BCUT2D eigenvalue weighted by Gasteiger charge is -2.27. The van der Waals surface area contributed by atoms with Crippen molar-refractivity contribution in [2.75, 3.05) is 12.0 Å². The first-order chi connectivity index (χ1) is 16.1. The van der Waals surface area contributed by atoms with Gasteiger partial charge in [0.15, 0.2) is 0 Å². The molecule has 1 N–H and O–H groups in total. The monoisotopic (exact) mass is 433 g/mol. The van der Waals surface area contributed by atoms with Gasteiger partial charge >= 0.3 is 0 Å². The third-order valence-electron chi connectivity index (χ3n) is 5.86. The zero-order chi connectivity index (χ0) is 22.9. The van der Waals surface area contributed by atoms with Gasteiger partial charge in [0.25, 0.3) is 11.5 Å². The number of aromatic amines is 1. The number of benzene rings is 3. The van der Waals surface area contributed by atoms with Crippen LogP contribution in [0.15, 0.2) is 89.7 Å². The molecule has 0 spiro atoms. The Morgan fingerprint density at radius 2 is 1.55 bits per heavy atom. The van der Waals surface area contributed by atoms with Gasteiger partial charge in [-0.25, -0.2) is 0 Å². The standard InChI is InChI=1S/C27H19N3O3/c1-33-20-14-12-17(13-15-20)22-21(16-28)26(31)29-24-23(22)25(18-8-4-2-5-9-18)30(27(24)32)19-10-6-3-7-11-19/h2-15,25H,1H3,(H,29,31). The van der Waals surface area contributed by atoms with Gasteiger partial charge in [-0.3, -0.25) is 14.5 Å². The molecule has 6 heteroatoms. The number of aromatic nitrogens is 1. The third-order valence-corrected chi connectivity index (χ3v) is 5.86. The van der Waals surface area contributed by atoms with Crippen LogP contribution >= 0.6 is 0 Å². The molecule has 160 valence electrons. The van der Waals surface area contributed by atoms with E-state index in [-0.39, 0.29) is 17.2 Å². The second-order valence-corrected chi connectivity index (χ2v) is 7.66. The number of methoxy groups -OCH3 is 1. The van der Waals surface area contributed by atoms with Crippen LogP contribution in [0.25, 0.3) is 11.1 Å². The van der Waals surface area contributed by atoms with E-state index in [1.165, 1.54) is 0 Å². The Bertz CT molecular complexity index is 1440. The van der Waals surface area contributed by atoms with Crippen molar-refractivity contribution in [3.05, 3.63) is 118 Å². The number of hydrogen-bond acceptors (Lipinski definition) is 4. The molecule has 0 radical (unpaired) electrons. The zero-order valence-electron chi connectivity index (χ0n) is 17.8. The largest absolute Gasteiger partial charge is 0.497 e. The first kappa shape index (κ1) is 20.3. The lowest BCUT2D eigenvalue weighted by molar-refractivity contribution is 0.0989. The molecule has 1 aliphatic rings. The highest BCUT2D eigenvalue weighted by atomic mass is 16.5. The number of carbonyl (C=O) groups excluding carboxylic acids is 1. The lowest BCUT2D eigenvalue weighted by atomic mass is 9.89. The Labute approximate surface area is 190 Å². The van der Waals surface area contributed by atoms with Crippen molar-refractivity contribution >= 4 is 11.6 Å². The van der Waals surface area contributed by atoms with Gasteiger partial charge in [-0.15, -0.1) is 0 Å². The maximum absolute atomic E-state index is 13.7. The summed E-state index contributed by atoms with van der Waals surface area (Å²) in [6, 6.07) is 27.6. The molecular formula is C27H19N3O3. The van der Waals surface area contributed by atoms with Crippen LogP contribution in [0.2, 0.25) is 0 Å². The van der Waals surface area contributed by atoms with Crippen molar-refractivity contribution in [3.63, 3.8) is 0 Å². The van der Waals surface area contributed by atoms with E-state index in [9.17, 15) is 14.9 Å². The predicted molar refractivity (Wildman–Crippen MR) is 125 cm³/mol. The highest BCUT2D eigenvalue weighted by Gasteiger charge is 2.42. The molecule has 1 amide bonds. The smallest absolute Gasteiger partial charge is 0.276 e. The Kier molecular flexibility index (Phi) is 5.00. The number of rotatable bonds is 4. The van der Waals surface area contributed by atoms with E-state index >= 15 is 0 Å². The van der Waals surface area contributed by atoms with Crippen LogP contribution in [-0.2, 0) is 0 Å². The number of carbonyl (C=O) groups is 1. The fourth-order valence-electron chi connectivity index (χ4n) is 4.40. The Morgan fingerprint density at radius 3 is 2.15 bits per heavy atom. The minimum absolute atomic E-state index is 0.0254. The summed E-state index contributed by atoms with van der Waals surface area (Å²) in [6.07, 6.45) is 0. The fourth-order valence-corrected chi connectivity index (χ4v) is 4.40. The Hall–Kier alpha value is -4.63. The van der Waals surface area contributed by atoms with Gasteiger partial charge in [0, 0.05) is 16.8 Å². The molecule has 6 nitrogen and oxygen atoms in total. The number of nitriles is 1. The van der Waals surface area contributed by atoms with Gasteiger partial charge in [0.1, 0.15) is 23.1 Å². The van der Waals surface area contributed by atoms with Crippen LogP contribution in [-0.4, -0.2) is 18.0 Å². The van der Waals surface area contributed by atoms with E-state index < -0.39 is 11.6 Å². The van der Waals surface area contributed by atoms with Crippen molar-refractivity contribution in [3.8, 4) is 22.9 Å². The number of fused-ring (bicyclic) bond motifs is 1. The van der Waals surface area contributed by atoms with Crippen LogP contribution in [0.3, 0.4) is 0 Å². The number of nitrogens with zero attached hydrogens (tertiary/aromatic N) is 2. The second-order valence-electron chi connectivity index (χ2n) is 7.66. The van der Waals surface area contributed by atoms with Crippen LogP contribution < -0.4 is 15.2 Å². The van der Waals surface area contributed by atoms with Crippen molar-refractivity contribution in [2.24, 2.45) is 0 Å². The maximum atomic E-state index is 13.7. The Morgan fingerprint density at radius 1 is 0.909 bits per heavy atom. The van der Waals surface area contributed by atoms with Gasteiger partial charge in [-0.05, 0) is 35.4 Å². The summed E-state index contributed by atoms with van der Waals surface area (Å²) in [6.45, 7) is 0. The molecular weight excluding hydrogens is 414 g/mol. The lowest BCUT2D eigenvalue weighted by Crippen LogP contribution is -2.28. The van der Waals surface area contributed by atoms with E-state index in [2.05, 4.69) is 11.1 Å². The van der Waals surface area contributed by atoms with Crippen molar-refractivity contribution < 1.29 is 9.53 Å². The van der Waals surface area contributed by atoms with Gasteiger partial charge in [0.05, 0.1) is 13.2 Å². The quantitative estimate of drug-likeness (QED) is 0.507. The summed E-state index contributed by atoms with van der Waals surface area (Å²) in [5, 5.41) is 9.91. The number of H-pyrrole nitrogens is 1. The molecule has 33 heavy (non-hydrogen) atoms. The van der Waals surface area contributed by atoms with E-state index in [1.807, 2.05) is 60.7 Å². The summed E-state index contributed by atoms with van der Waals surface area (Å²) in [4.78, 5) is 30.9. The second kappa shape index (κ2) is 8.13. The summed E-state index contributed by atoms with van der Waals surface area (Å²) < 4.78 is 5.27. The van der Waals surface area contributed by atoms with Gasteiger partial charge < -0.3 is 9.72 Å². The Balaban J connectivity index is 1.85. The molecule has 0 bridgehead atoms. The van der Waals surface area contributed by atoms with Gasteiger partial charge in [-0.2, -0.15) is 5.26 Å². The van der Waals surface area contributed by atoms with Crippen molar-refractivity contribution in [1.82, 2.24) is 4.98 Å². The maximum Gasteiger partial charge on any atom is 0.276 e. The first-order valence-electron chi connectivity index (χ1n) is 10.4.